The third-order valence-electron chi connectivity index (χ3n) is 3.37. The topological polar surface area (TPSA) is 52.6 Å². The Morgan fingerprint density at radius 2 is 1.52 bits per heavy atom. The van der Waals surface area contributed by atoms with Gasteiger partial charge in [0.05, 0.1) is 18.9 Å². The molecule has 0 aromatic carbocycles. The molecule has 21 heavy (non-hydrogen) atoms. The lowest BCUT2D eigenvalue weighted by atomic mass is 9.79. The molecule has 3 unspecified atom stereocenters. The molecule has 3 atom stereocenters. The van der Waals surface area contributed by atoms with E-state index in [2.05, 4.69) is 9.47 Å². The van der Waals surface area contributed by atoms with Crippen molar-refractivity contribution in [3.8, 4) is 0 Å². The van der Waals surface area contributed by atoms with E-state index in [1.165, 1.54) is 0 Å². The second kappa shape index (κ2) is 7.04. The van der Waals surface area contributed by atoms with Crippen LogP contribution in [0.1, 0.15) is 25.7 Å². The predicted molar refractivity (Wildman–Crippen MR) is 59.4 cm³/mol. The molecule has 0 aliphatic heterocycles. The van der Waals surface area contributed by atoms with Gasteiger partial charge in [0.25, 0.3) is 12.5 Å². The van der Waals surface area contributed by atoms with Crippen molar-refractivity contribution in [2.24, 2.45) is 11.8 Å². The zero-order chi connectivity index (χ0) is 16.2. The van der Waals surface area contributed by atoms with E-state index in [0.717, 1.165) is 7.11 Å². The fourth-order valence-electron chi connectivity index (χ4n) is 2.32. The molecular formula is C12H15F5O4. The highest BCUT2D eigenvalue weighted by Crippen LogP contribution is 2.34. The minimum Gasteiger partial charge on any atom is -0.469 e. The van der Waals surface area contributed by atoms with Crippen LogP contribution in [0.4, 0.5) is 22.0 Å². The standard InChI is InChI=1S/C12H15F5O4/c1-20-10(18)6-4-2-3-5-7(6)11(19)21-8(9(13)14)12(15,16)17/h6-9H,2-5H2,1H3. The largest absolute Gasteiger partial charge is 0.469 e. The summed E-state index contributed by atoms with van der Waals surface area (Å²) < 4.78 is 70.2. The second-order valence-corrected chi connectivity index (χ2v) is 4.75. The molecule has 1 fully saturated rings. The average Bonchev–Trinajstić information content (AvgIpc) is 2.42. The Balaban J connectivity index is 2.82. The number of esters is 2. The van der Waals surface area contributed by atoms with Gasteiger partial charge in [-0.05, 0) is 12.8 Å². The molecule has 0 aromatic rings. The fraction of sp³-hybridized carbons (Fsp3) is 0.833. The smallest absolute Gasteiger partial charge is 0.431 e. The van der Waals surface area contributed by atoms with Crippen LogP contribution < -0.4 is 0 Å². The summed E-state index contributed by atoms with van der Waals surface area (Å²) in [5.74, 6) is -4.33. The number of halogens is 5. The van der Waals surface area contributed by atoms with Gasteiger partial charge in [0.15, 0.2) is 0 Å². The SMILES string of the molecule is COC(=O)C1CCCCC1C(=O)OC(C(F)F)C(F)(F)F. The highest BCUT2D eigenvalue weighted by Gasteiger charge is 2.50. The van der Waals surface area contributed by atoms with Gasteiger partial charge >= 0.3 is 18.1 Å². The lowest BCUT2D eigenvalue weighted by Crippen LogP contribution is -2.43. The molecule has 0 aromatic heterocycles. The highest BCUT2D eigenvalue weighted by molar-refractivity contribution is 5.82. The van der Waals surface area contributed by atoms with Crippen LogP contribution in [-0.2, 0) is 19.1 Å². The van der Waals surface area contributed by atoms with Crippen molar-refractivity contribution in [1.82, 2.24) is 0 Å². The zero-order valence-electron chi connectivity index (χ0n) is 11.2. The molecule has 1 rings (SSSR count). The zero-order valence-corrected chi connectivity index (χ0v) is 11.2. The molecule has 0 saturated heterocycles. The van der Waals surface area contributed by atoms with Gasteiger partial charge in [-0.2, -0.15) is 13.2 Å². The van der Waals surface area contributed by atoms with E-state index in [-0.39, 0.29) is 12.8 Å². The molecule has 1 saturated carbocycles. The van der Waals surface area contributed by atoms with Crippen molar-refractivity contribution in [3.63, 3.8) is 0 Å². The average molecular weight is 318 g/mol. The minimum absolute atomic E-state index is 0.104. The fourth-order valence-corrected chi connectivity index (χ4v) is 2.32. The van der Waals surface area contributed by atoms with Gasteiger partial charge in [-0.3, -0.25) is 9.59 Å². The Hall–Kier alpha value is -1.41. The van der Waals surface area contributed by atoms with Crippen LogP contribution in [0.15, 0.2) is 0 Å². The molecule has 9 heteroatoms. The van der Waals surface area contributed by atoms with Crippen molar-refractivity contribution in [1.29, 1.82) is 0 Å². The van der Waals surface area contributed by atoms with Crippen molar-refractivity contribution in [3.05, 3.63) is 0 Å². The van der Waals surface area contributed by atoms with Crippen molar-refractivity contribution >= 4 is 11.9 Å². The van der Waals surface area contributed by atoms with Gasteiger partial charge in [0.2, 0.25) is 0 Å². The van der Waals surface area contributed by atoms with Crippen LogP contribution in [0.25, 0.3) is 0 Å². The maximum absolute atomic E-state index is 12.4. The number of carbonyl (C=O) groups excluding carboxylic acids is 2. The van der Waals surface area contributed by atoms with E-state index in [9.17, 15) is 31.5 Å². The summed E-state index contributed by atoms with van der Waals surface area (Å²) in [4.78, 5) is 23.2. The normalized spacial score (nSPS) is 24.5. The van der Waals surface area contributed by atoms with Crippen molar-refractivity contribution in [2.45, 2.75) is 44.4 Å². The first-order chi connectivity index (χ1) is 9.68. The van der Waals surface area contributed by atoms with Crippen LogP contribution in [0, 0.1) is 11.8 Å². The van der Waals surface area contributed by atoms with Crippen LogP contribution in [-0.4, -0.2) is 37.8 Å². The summed E-state index contributed by atoms with van der Waals surface area (Å²) >= 11 is 0. The number of alkyl halides is 5. The number of hydrogen-bond donors (Lipinski definition) is 0. The van der Waals surface area contributed by atoms with Crippen LogP contribution >= 0.6 is 0 Å². The lowest BCUT2D eigenvalue weighted by molar-refractivity contribution is -0.251. The van der Waals surface area contributed by atoms with E-state index in [4.69, 9.17) is 0 Å². The lowest BCUT2D eigenvalue weighted by Gasteiger charge is -2.29. The van der Waals surface area contributed by atoms with Crippen molar-refractivity contribution in [2.75, 3.05) is 7.11 Å². The molecule has 1 aliphatic rings. The molecule has 0 amide bonds. The quantitative estimate of drug-likeness (QED) is 0.591. The third-order valence-corrected chi connectivity index (χ3v) is 3.37. The molecule has 122 valence electrons. The summed E-state index contributed by atoms with van der Waals surface area (Å²) in [6, 6.07) is 0. The monoisotopic (exact) mass is 318 g/mol. The Kier molecular flexibility index (Phi) is 5.91. The molecule has 1 aliphatic carbocycles. The number of ether oxygens (including phenoxy) is 2. The maximum Gasteiger partial charge on any atom is 0.431 e. The van der Waals surface area contributed by atoms with Crippen molar-refractivity contribution < 1.29 is 41.0 Å². The highest BCUT2D eigenvalue weighted by atomic mass is 19.4. The Labute approximate surface area is 117 Å². The summed E-state index contributed by atoms with van der Waals surface area (Å²) in [5, 5.41) is 0. The molecule has 0 spiro atoms. The summed E-state index contributed by atoms with van der Waals surface area (Å²) in [7, 11) is 1.08. The Morgan fingerprint density at radius 1 is 1.05 bits per heavy atom. The van der Waals surface area contributed by atoms with Gasteiger partial charge in [-0.15, -0.1) is 0 Å². The van der Waals surface area contributed by atoms with Gasteiger partial charge in [0, 0.05) is 0 Å². The first kappa shape index (κ1) is 17.6. The predicted octanol–water partition coefficient (Wildman–Crippen LogP) is 2.71. The van der Waals surface area contributed by atoms with E-state index >= 15 is 0 Å². The summed E-state index contributed by atoms with van der Waals surface area (Å²) in [5.41, 5.74) is 0. The molecule has 0 bridgehead atoms. The molecular weight excluding hydrogens is 303 g/mol. The van der Waals surface area contributed by atoms with E-state index in [1.54, 1.807) is 0 Å². The number of hydrogen-bond acceptors (Lipinski definition) is 4. The van der Waals surface area contributed by atoms with E-state index in [0.29, 0.717) is 12.8 Å². The number of methoxy groups -OCH3 is 1. The Morgan fingerprint density at radius 3 is 1.90 bits per heavy atom. The van der Waals surface area contributed by atoms with Gasteiger partial charge in [-0.1, -0.05) is 12.8 Å². The van der Waals surface area contributed by atoms with Gasteiger partial charge in [-0.25, -0.2) is 8.78 Å². The van der Waals surface area contributed by atoms with E-state index < -0.39 is 42.5 Å². The number of rotatable bonds is 4. The van der Waals surface area contributed by atoms with Gasteiger partial charge < -0.3 is 9.47 Å². The minimum atomic E-state index is -5.36. The van der Waals surface area contributed by atoms with Crippen LogP contribution in [0.2, 0.25) is 0 Å². The number of carbonyl (C=O) groups is 2. The first-order valence-electron chi connectivity index (χ1n) is 6.31. The molecule has 0 radical (unpaired) electrons. The molecule has 0 N–H and O–H groups in total. The van der Waals surface area contributed by atoms with Gasteiger partial charge in [0.1, 0.15) is 0 Å². The summed E-state index contributed by atoms with van der Waals surface area (Å²) in [6.45, 7) is 0. The molecule has 0 heterocycles. The Bertz CT molecular complexity index is 382. The second-order valence-electron chi connectivity index (χ2n) is 4.75. The maximum atomic E-state index is 12.4. The third kappa shape index (κ3) is 4.53. The first-order valence-corrected chi connectivity index (χ1v) is 6.31. The van der Waals surface area contributed by atoms with E-state index in [1.807, 2.05) is 0 Å². The summed E-state index contributed by atoms with van der Waals surface area (Å²) in [6.07, 6.45) is -11.3. The molecule has 4 nitrogen and oxygen atoms in total. The van der Waals surface area contributed by atoms with Crippen LogP contribution in [0.3, 0.4) is 0 Å². The van der Waals surface area contributed by atoms with Crippen LogP contribution in [0.5, 0.6) is 0 Å².